The molecule has 0 aromatic heterocycles. The average Bonchev–Trinajstić information content (AvgIpc) is 2.58. The number of likely N-dealkylation sites (tertiary alicyclic amines) is 1. The highest BCUT2D eigenvalue weighted by atomic mass is 16.7. The van der Waals surface area contributed by atoms with Crippen molar-refractivity contribution in [1.82, 2.24) is 9.96 Å². The predicted molar refractivity (Wildman–Crippen MR) is 57.3 cm³/mol. The fraction of sp³-hybridized carbons (Fsp3) is 0.909. The number of hydrogen-bond donors (Lipinski definition) is 0. The zero-order valence-electron chi connectivity index (χ0n) is 9.28. The summed E-state index contributed by atoms with van der Waals surface area (Å²) in [6, 6.07) is 0.0802. The van der Waals surface area contributed by atoms with Crippen molar-refractivity contribution in [3.63, 3.8) is 0 Å². The van der Waals surface area contributed by atoms with E-state index in [2.05, 4.69) is 0 Å². The van der Waals surface area contributed by atoms with Crippen LogP contribution in [-0.2, 0) is 4.84 Å². The standard InChI is InChI=1S/C11H20N2O2/c14-11(13-9-5-6-10-15-13)12-7-3-1-2-4-8-12/h1-10H2. The van der Waals surface area contributed by atoms with Gasteiger partial charge in [-0.25, -0.2) is 9.86 Å². The number of urea groups is 1. The second kappa shape index (κ2) is 5.35. The summed E-state index contributed by atoms with van der Waals surface area (Å²) in [6.07, 6.45) is 6.93. The highest BCUT2D eigenvalue weighted by Gasteiger charge is 2.23. The van der Waals surface area contributed by atoms with Crippen LogP contribution >= 0.6 is 0 Å². The van der Waals surface area contributed by atoms with Gasteiger partial charge in [-0.2, -0.15) is 0 Å². The van der Waals surface area contributed by atoms with Gasteiger partial charge in [-0.1, -0.05) is 12.8 Å². The van der Waals surface area contributed by atoms with Crippen molar-refractivity contribution in [2.75, 3.05) is 26.2 Å². The van der Waals surface area contributed by atoms with Crippen molar-refractivity contribution in [2.45, 2.75) is 38.5 Å². The summed E-state index contributed by atoms with van der Waals surface area (Å²) >= 11 is 0. The van der Waals surface area contributed by atoms with Crippen LogP contribution in [0.1, 0.15) is 38.5 Å². The molecule has 2 saturated heterocycles. The third-order valence-electron chi connectivity index (χ3n) is 3.09. The van der Waals surface area contributed by atoms with E-state index in [4.69, 9.17) is 4.84 Å². The first-order valence-electron chi connectivity index (χ1n) is 6.07. The van der Waals surface area contributed by atoms with Crippen LogP contribution in [0.25, 0.3) is 0 Å². The lowest BCUT2D eigenvalue weighted by molar-refractivity contribution is -0.146. The smallest absolute Gasteiger partial charge is 0.323 e. The minimum Gasteiger partial charge on any atom is -0.323 e. The molecular formula is C11H20N2O2. The third-order valence-corrected chi connectivity index (χ3v) is 3.09. The van der Waals surface area contributed by atoms with Gasteiger partial charge in [0.25, 0.3) is 0 Å². The first-order valence-corrected chi connectivity index (χ1v) is 6.07. The lowest BCUT2D eigenvalue weighted by Crippen LogP contribution is -2.45. The summed E-state index contributed by atoms with van der Waals surface area (Å²) in [5, 5.41) is 1.55. The summed E-state index contributed by atoms with van der Waals surface area (Å²) < 4.78 is 0. The minimum atomic E-state index is 0.0802. The topological polar surface area (TPSA) is 32.8 Å². The van der Waals surface area contributed by atoms with Crippen molar-refractivity contribution >= 4 is 6.03 Å². The van der Waals surface area contributed by atoms with Gasteiger partial charge in [-0.05, 0) is 25.7 Å². The van der Waals surface area contributed by atoms with Gasteiger partial charge >= 0.3 is 6.03 Å². The molecule has 2 heterocycles. The molecule has 2 amide bonds. The molecule has 0 N–H and O–H groups in total. The Hall–Kier alpha value is -0.770. The highest BCUT2D eigenvalue weighted by molar-refractivity contribution is 5.73. The van der Waals surface area contributed by atoms with E-state index >= 15 is 0 Å². The molecule has 0 bridgehead atoms. The van der Waals surface area contributed by atoms with Crippen LogP contribution in [0, 0.1) is 0 Å². The quantitative estimate of drug-likeness (QED) is 0.615. The monoisotopic (exact) mass is 212 g/mol. The van der Waals surface area contributed by atoms with E-state index in [1.165, 1.54) is 12.8 Å². The molecule has 2 aliphatic rings. The van der Waals surface area contributed by atoms with Crippen LogP contribution in [0.5, 0.6) is 0 Å². The number of rotatable bonds is 0. The molecule has 2 fully saturated rings. The molecule has 0 radical (unpaired) electrons. The van der Waals surface area contributed by atoms with Crippen LogP contribution < -0.4 is 0 Å². The van der Waals surface area contributed by atoms with Crippen LogP contribution in [-0.4, -0.2) is 42.2 Å². The van der Waals surface area contributed by atoms with Crippen LogP contribution in [0.2, 0.25) is 0 Å². The average molecular weight is 212 g/mol. The summed E-state index contributed by atoms with van der Waals surface area (Å²) in [5.74, 6) is 0. The lowest BCUT2D eigenvalue weighted by atomic mass is 10.2. The maximum absolute atomic E-state index is 12.0. The molecule has 2 aliphatic heterocycles. The summed E-state index contributed by atoms with van der Waals surface area (Å²) in [5.41, 5.74) is 0. The van der Waals surface area contributed by atoms with E-state index in [0.29, 0.717) is 6.61 Å². The van der Waals surface area contributed by atoms with Gasteiger partial charge < -0.3 is 4.90 Å². The molecule has 4 heteroatoms. The Morgan fingerprint density at radius 2 is 1.53 bits per heavy atom. The van der Waals surface area contributed by atoms with Crippen LogP contribution in [0.4, 0.5) is 4.79 Å². The Balaban J connectivity index is 1.87. The van der Waals surface area contributed by atoms with Gasteiger partial charge in [0.15, 0.2) is 0 Å². The number of carbonyl (C=O) groups is 1. The van der Waals surface area contributed by atoms with Gasteiger partial charge in [0.2, 0.25) is 0 Å². The van der Waals surface area contributed by atoms with Gasteiger partial charge in [0.05, 0.1) is 13.2 Å². The van der Waals surface area contributed by atoms with Crippen molar-refractivity contribution in [1.29, 1.82) is 0 Å². The van der Waals surface area contributed by atoms with E-state index in [1.54, 1.807) is 5.06 Å². The molecule has 0 spiro atoms. The van der Waals surface area contributed by atoms with Crippen molar-refractivity contribution < 1.29 is 9.63 Å². The van der Waals surface area contributed by atoms with E-state index in [1.807, 2.05) is 4.90 Å². The largest absolute Gasteiger partial charge is 0.343 e. The van der Waals surface area contributed by atoms with Crippen molar-refractivity contribution in [3.8, 4) is 0 Å². The fourth-order valence-electron chi connectivity index (χ4n) is 2.17. The summed E-state index contributed by atoms with van der Waals surface area (Å²) in [6.45, 7) is 3.26. The van der Waals surface area contributed by atoms with E-state index in [9.17, 15) is 4.79 Å². The molecule has 0 saturated carbocycles. The van der Waals surface area contributed by atoms with Crippen LogP contribution in [0.15, 0.2) is 0 Å². The molecule has 4 nitrogen and oxygen atoms in total. The summed E-state index contributed by atoms with van der Waals surface area (Å²) in [7, 11) is 0. The van der Waals surface area contributed by atoms with Gasteiger partial charge in [0, 0.05) is 13.1 Å². The molecule has 0 aliphatic carbocycles. The zero-order chi connectivity index (χ0) is 10.5. The lowest BCUT2D eigenvalue weighted by Gasteiger charge is -2.31. The molecule has 15 heavy (non-hydrogen) atoms. The van der Waals surface area contributed by atoms with Gasteiger partial charge in [0.1, 0.15) is 0 Å². The molecule has 0 aromatic rings. The third kappa shape index (κ3) is 2.84. The van der Waals surface area contributed by atoms with E-state index in [0.717, 1.165) is 45.3 Å². The Labute approximate surface area is 91.1 Å². The second-order valence-electron chi connectivity index (χ2n) is 4.33. The molecular weight excluding hydrogens is 192 g/mol. The fourth-order valence-corrected chi connectivity index (χ4v) is 2.17. The normalized spacial score (nSPS) is 23.7. The Morgan fingerprint density at radius 3 is 2.13 bits per heavy atom. The Kier molecular flexibility index (Phi) is 3.83. The first kappa shape index (κ1) is 10.7. The molecule has 0 aromatic carbocycles. The highest BCUT2D eigenvalue weighted by Crippen LogP contribution is 2.14. The Bertz CT molecular complexity index is 207. The maximum atomic E-state index is 12.0. The van der Waals surface area contributed by atoms with Gasteiger partial charge in [-0.15, -0.1) is 0 Å². The number of amides is 2. The number of carbonyl (C=O) groups excluding carboxylic acids is 1. The first-order chi connectivity index (χ1) is 7.38. The minimum absolute atomic E-state index is 0.0802. The van der Waals surface area contributed by atoms with E-state index in [-0.39, 0.29) is 6.03 Å². The Morgan fingerprint density at radius 1 is 0.867 bits per heavy atom. The molecule has 0 unspecified atom stereocenters. The van der Waals surface area contributed by atoms with Crippen molar-refractivity contribution in [3.05, 3.63) is 0 Å². The summed E-state index contributed by atoms with van der Waals surface area (Å²) in [4.78, 5) is 19.4. The van der Waals surface area contributed by atoms with E-state index < -0.39 is 0 Å². The number of hydrogen-bond acceptors (Lipinski definition) is 2. The number of nitrogens with zero attached hydrogens (tertiary/aromatic N) is 2. The van der Waals surface area contributed by atoms with Crippen molar-refractivity contribution in [2.24, 2.45) is 0 Å². The maximum Gasteiger partial charge on any atom is 0.343 e. The molecule has 0 atom stereocenters. The predicted octanol–water partition coefficient (Wildman–Crippen LogP) is 2.01. The molecule has 2 rings (SSSR count). The van der Waals surface area contributed by atoms with Crippen LogP contribution in [0.3, 0.4) is 0 Å². The zero-order valence-corrected chi connectivity index (χ0v) is 9.28. The second-order valence-corrected chi connectivity index (χ2v) is 4.33. The number of hydroxylamine groups is 2. The SMILES string of the molecule is O=C(N1CCCCCC1)N1CCCCO1. The molecule has 86 valence electrons. The van der Waals surface area contributed by atoms with Gasteiger partial charge in [-0.3, -0.25) is 4.84 Å².